The number of pyridine rings is 1. The molecule has 0 saturated carbocycles. The van der Waals surface area contributed by atoms with Crippen molar-refractivity contribution in [3.63, 3.8) is 0 Å². The molecule has 42 heavy (non-hydrogen) atoms. The van der Waals surface area contributed by atoms with Crippen LogP contribution in [0, 0.1) is 11.3 Å². The van der Waals surface area contributed by atoms with Crippen molar-refractivity contribution >= 4 is 43.1 Å². The normalized spacial score (nSPS) is 11.3. The Hall–Kier alpha value is -5.78. The minimum absolute atomic E-state index is 0.564. The molecular weight excluding hydrogens is 508 g/mol. The molecule has 0 amide bonds. The van der Waals surface area contributed by atoms with Gasteiger partial charge in [-0.25, -0.2) is 0 Å². The fourth-order valence-corrected chi connectivity index (χ4v) is 6.34. The predicted molar refractivity (Wildman–Crippen MR) is 175 cm³/mol. The summed E-state index contributed by atoms with van der Waals surface area (Å²) in [6.07, 6.45) is 3.41. The first-order valence-electron chi connectivity index (χ1n) is 14.1. The Kier molecular flexibility index (Phi) is 5.55. The molecule has 0 aliphatic rings. The molecule has 1 aromatic heterocycles. The molecule has 0 aliphatic heterocycles. The van der Waals surface area contributed by atoms with Crippen molar-refractivity contribution in [3.05, 3.63) is 151 Å². The molecule has 0 fully saturated rings. The fourth-order valence-electron chi connectivity index (χ4n) is 6.34. The van der Waals surface area contributed by atoms with Gasteiger partial charge in [0.2, 0.25) is 0 Å². The number of fused-ring (bicyclic) bond motifs is 4. The standard InChI is InChI=1S/C40H24N2/c41-23-26-19-34(25-42-24-26)31-15-14-30-22-33(18-16-29(30)20-31)40-37-11-5-3-9-35(37)39(36-10-4-6-12-38(36)40)32-17-13-27-7-1-2-8-28(27)21-32/h1-22,24-25H. The van der Waals surface area contributed by atoms with Gasteiger partial charge in [0.1, 0.15) is 6.07 Å². The molecule has 7 aromatic carbocycles. The maximum Gasteiger partial charge on any atom is 0.101 e. The Morgan fingerprint density at radius 1 is 0.405 bits per heavy atom. The molecule has 0 N–H and O–H groups in total. The van der Waals surface area contributed by atoms with Crippen LogP contribution in [0.5, 0.6) is 0 Å². The van der Waals surface area contributed by atoms with E-state index in [1.165, 1.54) is 60.0 Å². The Balaban J connectivity index is 1.35. The molecule has 1 heterocycles. The summed E-state index contributed by atoms with van der Waals surface area (Å²) in [5.74, 6) is 0. The largest absolute Gasteiger partial charge is 0.263 e. The molecule has 0 atom stereocenters. The summed E-state index contributed by atoms with van der Waals surface area (Å²) < 4.78 is 0. The number of nitrogens with zero attached hydrogens (tertiary/aromatic N) is 2. The van der Waals surface area contributed by atoms with Crippen LogP contribution in [0.3, 0.4) is 0 Å². The van der Waals surface area contributed by atoms with Gasteiger partial charge in [0.25, 0.3) is 0 Å². The fraction of sp³-hybridized carbons (Fsp3) is 0. The van der Waals surface area contributed by atoms with Crippen molar-refractivity contribution < 1.29 is 0 Å². The molecule has 2 heteroatoms. The van der Waals surface area contributed by atoms with Gasteiger partial charge in [0, 0.05) is 18.0 Å². The van der Waals surface area contributed by atoms with E-state index in [-0.39, 0.29) is 0 Å². The molecular formula is C40H24N2. The molecule has 0 radical (unpaired) electrons. The zero-order chi connectivity index (χ0) is 28.0. The number of hydrogen-bond donors (Lipinski definition) is 0. The van der Waals surface area contributed by atoms with Gasteiger partial charge in [-0.3, -0.25) is 4.98 Å². The molecule has 0 spiro atoms. The molecule has 0 unspecified atom stereocenters. The van der Waals surface area contributed by atoms with E-state index < -0.39 is 0 Å². The third kappa shape index (κ3) is 3.91. The maximum absolute atomic E-state index is 9.30. The third-order valence-electron chi connectivity index (χ3n) is 8.30. The molecule has 0 aliphatic carbocycles. The summed E-state index contributed by atoms with van der Waals surface area (Å²) in [5, 5.41) is 19.1. The second-order valence-corrected chi connectivity index (χ2v) is 10.8. The predicted octanol–water partition coefficient (Wildman–Crippen LogP) is 10.6. The van der Waals surface area contributed by atoms with E-state index in [1.807, 2.05) is 12.3 Å². The van der Waals surface area contributed by atoms with Crippen molar-refractivity contribution in [1.82, 2.24) is 4.98 Å². The molecule has 0 bridgehead atoms. The quantitative estimate of drug-likeness (QED) is 0.212. The average molecular weight is 533 g/mol. The van der Waals surface area contributed by atoms with Gasteiger partial charge in [0.05, 0.1) is 5.56 Å². The van der Waals surface area contributed by atoms with Crippen molar-refractivity contribution in [3.8, 4) is 39.4 Å². The first-order chi connectivity index (χ1) is 20.8. The highest BCUT2D eigenvalue weighted by Gasteiger charge is 2.17. The monoisotopic (exact) mass is 532 g/mol. The van der Waals surface area contributed by atoms with Gasteiger partial charge >= 0.3 is 0 Å². The van der Waals surface area contributed by atoms with Gasteiger partial charge in [-0.2, -0.15) is 5.26 Å². The summed E-state index contributed by atoms with van der Waals surface area (Å²) in [4.78, 5) is 4.24. The van der Waals surface area contributed by atoms with Gasteiger partial charge < -0.3 is 0 Å². The number of benzene rings is 7. The van der Waals surface area contributed by atoms with Gasteiger partial charge in [-0.05, 0) is 95.2 Å². The zero-order valence-electron chi connectivity index (χ0n) is 22.8. The summed E-state index contributed by atoms with van der Waals surface area (Å²) in [6.45, 7) is 0. The minimum atomic E-state index is 0.564. The topological polar surface area (TPSA) is 36.7 Å². The van der Waals surface area contributed by atoms with Crippen LogP contribution in [0.25, 0.3) is 76.5 Å². The van der Waals surface area contributed by atoms with Crippen LogP contribution in [0.15, 0.2) is 146 Å². The lowest BCUT2D eigenvalue weighted by Gasteiger charge is -2.18. The Labute approximate surface area is 243 Å². The third-order valence-corrected chi connectivity index (χ3v) is 8.30. The second kappa shape index (κ2) is 9.70. The van der Waals surface area contributed by atoms with Crippen molar-refractivity contribution in [2.75, 3.05) is 0 Å². The summed E-state index contributed by atoms with van der Waals surface area (Å²) in [7, 11) is 0. The smallest absolute Gasteiger partial charge is 0.101 e. The van der Waals surface area contributed by atoms with E-state index in [4.69, 9.17) is 0 Å². The second-order valence-electron chi connectivity index (χ2n) is 10.8. The van der Waals surface area contributed by atoms with E-state index in [9.17, 15) is 5.26 Å². The van der Waals surface area contributed by atoms with Crippen LogP contribution in [0.2, 0.25) is 0 Å². The van der Waals surface area contributed by atoms with Crippen LogP contribution in [0.1, 0.15) is 5.56 Å². The lowest BCUT2D eigenvalue weighted by molar-refractivity contribution is 1.30. The first-order valence-corrected chi connectivity index (χ1v) is 14.1. The molecule has 0 saturated heterocycles. The van der Waals surface area contributed by atoms with E-state index in [0.717, 1.165) is 16.5 Å². The zero-order valence-corrected chi connectivity index (χ0v) is 22.8. The van der Waals surface area contributed by atoms with E-state index in [2.05, 4.69) is 138 Å². The molecule has 2 nitrogen and oxygen atoms in total. The number of hydrogen-bond acceptors (Lipinski definition) is 2. The van der Waals surface area contributed by atoms with Gasteiger partial charge in [0.15, 0.2) is 0 Å². The van der Waals surface area contributed by atoms with Gasteiger partial charge in [-0.15, -0.1) is 0 Å². The van der Waals surface area contributed by atoms with E-state index >= 15 is 0 Å². The van der Waals surface area contributed by atoms with Crippen LogP contribution < -0.4 is 0 Å². The summed E-state index contributed by atoms with van der Waals surface area (Å²) in [5.41, 5.74) is 7.51. The minimum Gasteiger partial charge on any atom is -0.263 e. The Morgan fingerprint density at radius 3 is 1.43 bits per heavy atom. The van der Waals surface area contributed by atoms with E-state index in [1.54, 1.807) is 6.20 Å². The molecule has 8 aromatic rings. The highest BCUT2D eigenvalue weighted by molar-refractivity contribution is 6.22. The SMILES string of the molecule is N#Cc1cncc(-c2ccc3cc(-c4c5ccccc5c(-c5ccc6ccccc6c5)c5ccccc45)ccc3c2)c1. The lowest BCUT2D eigenvalue weighted by Crippen LogP contribution is -1.91. The van der Waals surface area contributed by atoms with Crippen LogP contribution in [-0.2, 0) is 0 Å². The molecule has 8 rings (SSSR count). The van der Waals surface area contributed by atoms with Crippen LogP contribution in [-0.4, -0.2) is 4.98 Å². The number of aromatic nitrogens is 1. The number of nitriles is 1. The van der Waals surface area contributed by atoms with Crippen LogP contribution >= 0.6 is 0 Å². The summed E-state index contributed by atoms with van der Waals surface area (Å²) >= 11 is 0. The Bertz CT molecular complexity index is 2320. The highest BCUT2D eigenvalue weighted by Crippen LogP contribution is 2.44. The molecule has 194 valence electrons. The van der Waals surface area contributed by atoms with Crippen molar-refractivity contribution in [1.29, 1.82) is 5.26 Å². The summed E-state index contributed by atoms with van der Waals surface area (Å²) in [6, 6.07) is 50.2. The van der Waals surface area contributed by atoms with Crippen molar-refractivity contribution in [2.45, 2.75) is 0 Å². The van der Waals surface area contributed by atoms with E-state index in [0.29, 0.717) is 5.56 Å². The first kappa shape index (κ1) is 24.1. The van der Waals surface area contributed by atoms with Gasteiger partial charge in [-0.1, -0.05) is 109 Å². The maximum atomic E-state index is 9.30. The Morgan fingerprint density at radius 2 is 0.857 bits per heavy atom. The van der Waals surface area contributed by atoms with Crippen molar-refractivity contribution in [2.24, 2.45) is 0 Å². The average Bonchev–Trinajstić information content (AvgIpc) is 3.06. The van der Waals surface area contributed by atoms with Crippen LogP contribution in [0.4, 0.5) is 0 Å². The lowest BCUT2D eigenvalue weighted by atomic mass is 9.85. The highest BCUT2D eigenvalue weighted by atomic mass is 14.6. The number of rotatable bonds is 3.